The molecule has 2 aromatic rings. The highest BCUT2D eigenvalue weighted by Gasteiger charge is 2.43. The first-order valence-electron chi connectivity index (χ1n) is 9.98. The molecule has 3 heteroatoms. The van der Waals surface area contributed by atoms with Crippen molar-refractivity contribution in [2.24, 2.45) is 0 Å². The van der Waals surface area contributed by atoms with Crippen LogP contribution >= 0.6 is 0 Å². The molecule has 27 heavy (non-hydrogen) atoms. The molecule has 1 N–H and O–H groups in total. The van der Waals surface area contributed by atoms with E-state index in [-0.39, 0.29) is 11.0 Å². The van der Waals surface area contributed by atoms with Gasteiger partial charge in [0.25, 0.3) is 0 Å². The molecule has 0 radical (unpaired) electrons. The molecule has 1 heterocycles. The Hall–Kier alpha value is -1.84. The Labute approximate surface area is 164 Å². The molecule has 0 spiro atoms. The number of nitrogens with one attached hydrogen (secondary N) is 1. The first-order chi connectivity index (χ1) is 12.9. The highest BCUT2D eigenvalue weighted by molar-refractivity contribution is 5.43. The molecular weight excluding hydrogens is 334 g/mol. The maximum Gasteiger partial charge on any atom is 0.122 e. The van der Waals surface area contributed by atoms with Crippen LogP contribution in [0.4, 0.5) is 0 Å². The lowest BCUT2D eigenvalue weighted by Gasteiger charge is -2.46. The van der Waals surface area contributed by atoms with Crippen LogP contribution in [-0.2, 0) is 16.7 Å². The van der Waals surface area contributed by atoms with E-state index < -0.39 is 0 Å². The summed E-state index contributed by atoms with van der Waals surface area (Å²) in [5.74, 6) is 1.01. The topological polar surface area (TPSA) is 30.5 Å². The van der Waals surface area contributed by atoms with Gasteiger partial charge in [0.2, 0.25) is 0 Å². The van der Waals surface area contributed by atoms with Crippen molar-refractivity contribution >= 4 is 0 Å². The van der Waals surface area contributed by atoms with E-state index in [0.717, 1.165) is 44.7 Å². The molecule has 0 bridgehead atoms. The van der Waals surface area contributed by atoms with Gasteiger partial charge < -0.3 is 14.8 Å². The Morgan fingerprint density at radius 1 is 1.11 bits per heavy atom. The highest BCUT2D eigenvalue weighted by atomic mass is 16.5. The van der Waals surface area contributed by atoms with Crippen LogP contribution in [0.2, 0.25) is 0 Å². The second kappa shape index (κ2) is 8.45. The average Bonchev–Trinajstić information content (AvgIpc) is 2.65. The molecule has 146 valence electrons. The zero-order valence-corrected chi connectivity index (χ0v) is 17.2. The Morgan fingerprint density at radius 2 is 1.89 bits per heavy atom. The molecule has 1 unspecified atom stereocenters. The van der Waals surface area contributed by atoms with Crippen molar-refractivity contribution in [2.75, 3.05) is 20.3 Å². The van der Waals surface area contributed by atoms with E-state index in [1.165, 1.54) is 16.7 Å². The third-order valence-electron chi connectivity index (χ3n) is 5.72. The summed E-state index contributed by atoms with van der Waals surface area (Å²) in [5, 5.41) is 3.64. The first kappa shape index (κ1) is 19.9. The van der Waals surface area contributed by atoms with Gasteiger partial charge in [0.05, 0.1) is 12.7 Å². The molecule has 1 fully saturated rings. The zero-order valence-electron chi connectivity index (χ0n) is 17.2. The van der Waals surface area contributed by atoms with E-state index in [0.29, 0.717) is 0 Å². The standard InChI is InChI=1S/C24H33NO2/c1-19-10-11-21(22(16-19)26-4)24(13-15-27-23(2,3)18-24)12-14-25-17-20-8-6-5-7-9-20/h5-11,16,25H,12-15,17-18H2,1-4H3. The summed E-state index contributed by atoms with van der Waals surface area (Å²) in [6.45, 7) is 9.21. The van der Waals surface area contributed by atoms with Crippen LogP contribution in [0.5, 0.6) is 5.75 Å². The molecule has 2 aromatic carbocycles. The van der Waals surface area contributed by atoms with Crippen LogP contribution in [0.25, 0.3) is 0 Å². The largest absolute Gasteiger partial charge is 0.496 e. The molecular formula is C24H33NO2. The quantitative estimate of drug-likeness (QED) is 0.698. The second-order valence-electron chi connectivity index (χ2n) is 8.43. The molecule has 0 saturated carbocycles. The number of hydrogen-bond donors (Lipinski definition) is 1. The Kier molecular flexibility index (Phi) is 6.23. The van der Waals surface area contributed by atoms with Crippen LogP contribution in [0, 0.1) is 6.92 Å². The predicted octanol–water partition coefficient (Wildman–Crippen LogP) is 5.01. The van der Waals surface area contributed by atoms with Gasteiger partial charge in [-0.2, -0.15) is 0 Å². The van der Waals surface area contributed by atoms with Crippen LogP contribution < -0.4 is 10.1 Å². The van der Waals surface area contributed by atoms with E-state index in [9.17, 15) is 0 Å². The number of aryl methyl sites for hydroxylation is 1. The molecule has 3 nitrogen and oxygen atoms in total. The number of ether oxygens (including phenoxy) is 2. The molecule has 1 aliphatic rings. The van der Waals surface area contributed by atoms with Crippen LogP contribution in [-0.4, -0.2) is 25.9 Å². The molecule has 0 aliphatic carbocycles. The van der Waals surface area contributed by atoms with Crippen molar-refractivity contribution in [3.8, 4) is 5.75 Å². The lowest BCUT2D eigenvalue weighted by Crippen LogP contribution is -2.45. The number of hydrogen-bond acceptors (Lipinski definition) is 3. The van der Waals surface area contributed by atoms with Gasteiger partial charge in [-0.25, -0.2) is 0 Å². The van der Waals surface area contributed by atoms with Gasteiger partial charge in [0, 0.05) is 24.1 Å². The minimum Gasteiger partial charge on any atom is -0.496 e. The van der Waals surface area contributed by atoms with Gasteiger partial charge in [-0.15, -0.1) is 0 Å². The average molecular weight is 368 g/mol. The molecule has 1 aliphatic heterocycles. The van der Waals surface area contributed by atoms with E-state index in [1.54, 1.807) is 7.11 Å². The zero-order chi connectivity index (χ0) is 19.3. The number of benzene rings is 2. The van der Waals surface area contributed by atoms with E-state index >= 15 is 0 Å². The molecule has 0 aromatic heterocycles. The lowest BCUT2D eigenvalue weighted by atomic mass is 9.67. The minimum absolute atomic E-state index is 0.0739. The Bertz CT molecular complexity index is 741. The lowest BCUT2D eigenvalue weighted by molar-refractivity contribution is -0.0843. The molecule has 0 amide bonds. The molecule has 1 atom stereocenters. The maximum atomic E-state index is 6.05. The van der Waals surface area contributed by atoms with Crippen molar-refractivity contribution in [2.45, 2.75) is 57.6 Å². The number of rotatable bonds is 7. The van der Waals surface area contributed by atoms with Gasteiger partial charge in [0.15, 0.2) is 0 Å². The fourth-order valence-electron chi connectivity index (χ4n) is 4.45. The van der Waals surface area contributed by atoms with E-state index in [4.69, 9.17) is 9.47 Å². The summed E-state index contributed by atoms with van der Waals surface area (Å²) in [6, 6.07) is 17.2. The van der Waals surface area contributed by atoms with Crippen LogP contribution in [0.1, 0.15) is 49.8 Å². The van der Waals surface area contributed by atoms with Gasteiger partial charge in [-0.1, -0.05) is 42.5 Å². The normalized spacial score (nSPS) is 21.8. The smallest absolute Gasteiger partial charge is 0.122 e. The van der Waals surface area contributed by atoms with Crippen molar-refractivity contribution in [1.82, 2.24) is 5.32 Å². The summed E-state index contributed by atoms with van der Waals surface area (Å²) < 4.78 is 11.8. The fourth-order valence-corrected chi connectivity index (χ4v) is 4.45. The number of methoxy groups -OCH3 is 1. The Morgan fingerprint density at radius 3 is 2.59 bits per heavy atom. The van der Waals surface area contributed by atoms with E-state index in [2.05, 4.69) is 74.6 Å². The predicted molar refractivity (Wildman–Crippen MR) is 111 cm³/mol. The monoisotopic (exact) mass is 367 g/mol. The summed E-state index contributed by atoms with van der Waals surface area (Å²) in [7, 11) is 1.78. The summed E-state index contributed by atoms with van der Waals surface area (Å²) in [6.07, 6.45) is 3.11. The van der Waals surface area contributed by atoms with Crippen LogP contribution in [0.3, 0.4) is 0 Å². The summed E-state index contributed by atoms with van der Waals surface area (Å²) in [5.41, 5.74) is 3.84. The molecule has 1 saturated heterocycles. The van der Waals surface area contributed by atoms with Gasteiger partial charge in [-0.3, -0.25) is 0 Å². The van der Waals surface area contributed by atoms with Gasteiger partial charge in [-0.05, 0) is 63.8 Å². The third kappa shape index (κ3) is 4.91. The van der Waals surface area contributed by atoms with Gasteiger partial charge >= 0.3 is 0 Å². The molecule has 3 rings (SSSR count). The van der Waals surface area contributed by atoms with Crippen LogP contribution in [0.15, 0.2) is 48.5 Å². The minimum atomic E-state index is -0.117. The second-order valence-corrected chi connectivity index (χ2v) is 8.43. The van der Waals surface area contributed by atoms with E-state index in [1.807, 2.05) is 0 Å². The fraction of sp³-hybridized carbons (Fsp3) is 0.500. The highest BCUT2D eigenvalue weighted by Crippen LogP contribution is 2.47. The Balaban J connectivity index is 1.79. The van der Waals surface area contributed by atoms with Gasteiger partial charge in [0.1, 0.15) is 5.75 Å². The SMILES string of the molecule is COc1cc(C)ccc1C1(CCNCc2ccccc2)CCOC(C)(C)C1. The van der Waals surface area contributed by atoms with Crippen molar-refractivity contribution in [1.29, 1.82) is 0 Å². The van der Waals surface area contributed by atoms with Crippen molar-refractivity contribution < 1.29 is 9.47 Å². The summed E-state index contributed by atoms with van der Waals surface area (Å²) in [4.78, 5) is 0. The maximum absolute atomic E-state index is 6.05. The van der Waals surface area contributed by atoms with Crippen molar-refractivity contribution in [3.05, 3.63) is 65.2 Å². The third-order valence-corrected chi connectivity index (χ3v) is 5.72. The van der Waals surface area contributed by atoms with Crippen molar-refractivity contribution in [3.63, 3.8) is 0 Å². The summed E-state index contributed by atoms with van der Waals surface area (Å²) >= 11 is 0. The first-order valence-corrected chi connectivity index (χ1v) is 9.98.